The van der Waals surface area contributed by atoms with Gasteiger partial charge in [-0.05, 0) is 45.0 Å². The summed E-state index contributed by atoms with van der Waals surface area (Å²) in [5.41, 5.74) is 5.65. The van der Waals surface area contributed by atoms with Crippen LogP contribution in [0.5, 0.6) is 0 Å². The number of anilines is 1. The molecule has 1 aromatic carbocycles. The number of hydrogen-bond acceptors (Lipinski definition) is 9. The number of rotatable bonds is 14. The Morgan fingerprint density at radius 2 is 1.12 bits per heavy atom. The first kappa shape index (κ1) is 28.3. The molecule has 0 atom stereocenters. The Bertz CT molecular complexity index is 888. The highest BCUT2D eigenvalue weighted by Crippen LogP contribution is 2.23. The molecule has 34 heavy (non-hydrogen) atoms. The van der Waals surface area contributed by atoms with Gasteiger partial charge in [0.2, 0.25) is 0 Å². The molecule has 0 aliphatic carbocycles. The van der Waals surface area contributed by atoms with Crippen molar-refractivity contribution in [2.24, 2.45) is 5.41 Å². The molecule has 9 nitrogen and oxygen atoms in total. The normalized spacial score (nSPS) is 10.7. The summed E-state index contributed by atoms with van der Waals surface area (Å²) in [5, 5.41) is 0. The minimum atomic E-state index is -1.32. The van der Waals surface area contributed by atoms with Crippen molar-refractivity contribution in [2.45, 2.75) is 20.8 Å². The third-order valence-electron chi connectivity index (χ3n) is 4.45. The van der Waals surface area contributed by atoms with Gasteiger partial charge >= 0.3 is 17.9 Å². The van der Waals surface area contributed by atoms with Crippen LogP contribution < -0.4 is 5.73 Å². The van der Waals surface area contributed by atoms with Crippen molar-refractivity contribution in [3.05, 3.63) is 66.3 Å². The number of nitrogen functional groups attached to an aromatic ring is 1. The molecule has 2 N–H and O–H groups in total. The van der Waals surface area contributed by atoms with E-state index in [1.165, 1.54) is 20.8 Å². The molecular formula is C25H31NO8. The second kappa shape index (κ2) is 13.1. The van der Waals surface area contributed by atoms with E-state index in [-0.39, 0.29) is 55.5 Å². The number of ether oxygens (including phenoxy) is 4. The first-order chi connectivity index (χ1) is 15.9. The Hall–Kier alpha value is -3.72. The minimum absolute atomic E-state index is 0.145. The number of benzene rings is 1. The van der Waals surface area contributed by atoms with Crippen LogP contribution in [0, 0.1) is 5.41 Å². The smallest absolute Gasteiger partial charge is 0.333 e. The monoisotopic (exact) mass is 473 g/mol. The van der Waals surface area contributed by atoms with Gasteiger partial charge in [0.15, 0.2) is 5.78 Å². The molecule has 0 saturated heterocycles. The van der Waals surface area contributed by atoms with E-state index in [1.54, 1.807) is 24.3 Å². The van der Waals surface area contributed by atoms with Crippen LogP contribution >= 0.6 is 0 Å². The zero-order chi connectivity index (χ0) is 25.9. The predicted octanol–water partition coefficient (Wildman–Crippen LogP) is 2.81. The Balaban J connectivity index is 3.07. The van der Waals surface area contributed by atoms with Gasteiger partial charge in [-0.2, -0.15) is 0 Å². The summed E-state index contributed by atoms with van der Waals surface area (Å²) in [5.74, 6) is -2.41. The fourth-order valence-corrected chi connectivity index (χ4v) is 2.39. The van der Waals surface area contributed by atoms with Gasteiger partial charge in [-0.1, -0.05) is 19.7 Å². The number of carbonyl (C=O) groups is 4. The van der Waals surface area contributed by atoms with Gasteiger partial charge in [0, 0.05) is 28.0 Å². The molecule has 0 saturated carbocycles. The fourth-order valence-electron chi connectivity index (χ4n) is 2.39. The average Bonchev–Trinajstić information content (AvgIpc) is 2.78. The Kier molecular flexibility index (Phi) is 10.9. The average molecular weight is 474 g/mol. The lowest BCUT2D eigenvalue weighted by atomic mass is 9.92. The van der Waals surface area contributed by atoms with Crippen molar-refractivity contribution in [1.82, 2.24) is 0 Å². The number of hydrogen-bond donors (Lipinski definition) is 1. The summed E-state index contributed by atoms with van der Waals surface area (Å²) < 4.78 is 21.4. The first-order valence-corrected chi connectivity index (χ1v) is 10.3. The molecule has 0 fully saturated rings. The van der Waals surface area contributed by atoms with Crippen molar-refractivity contribution in [2.75, 3.05) is 38.8 Å². The van der Waals surface area contributed by atoms with Gasteiger partial charge in [0.05, 0.1) is 12.0 Å². The zero-order valence-corrected chi connectivity index (χ0v) is 19.8. The van der Waals surface area contributed by atoms with Crippen LogP contribution in [0.15, 0.2) is 60.7 Å². The van der Waals surface area contributed by atoms with Gasteiger partial charge in [0.25, 0.3) is 0 Å². The third-order valence-corrected chi connectivity index (χ3v) is 4.45. The number of ketones is 1. The van der Waals surface area contributed by atoms with Crippen LogP contribution in [0.2, 0.25) is 0 Å². The molecule has 0 unspecified atom stereocenters. The van der Waals surface area contributed by atoms with Gasteiger partial charge < -0.3 is 24.7 Å². The van der Waals surface area contributed by atoms with Crippen LogP contribution in [-0.4, -0.2) is 56.7 Å². The summed E-state index contributed by atoms with van der Waals surface area (Å²) in [6.07, 6.45) is 0. The van der Waals surface area contributed by atoms with E-state index in [2.05, 4.69) is 19.7 Å². The zero-order valence-electron chi connectivity index (χ0n) is 19.8. The SMILES string of the molecule is C=C(C)C(=O)OCC(COCC(=O)c1ccc(N)cc1)(COC(=O)C(=C)C)COC(=O)C(=C)C. The second-order valence-corrected chi connectivity index (χ2v) is 8.11. The largest absolute Gasteiger partial charge is 0.461 e. The summed E-state index contributed by atoms with van der Waals surface area (Å²) in [6, 6.07) is 6.30. The van der Waals surface area contributed by atoms with Crippen LogP contribution in [0.1, 0.15) is 31.1 Å². The quantitative estimate of drug-likeness (QED) is 0.142. The lowest BCUT2D eigenvalue weighted by Gasteiger charge is -2.32. The molecule has 0 bridgehead atoms. The molecule has 184 valence electrons. The summed E-state index contributed by atoms with van der Waals surface area (Å²) >= 11 is 0. The van der Waals surface area contributed by atoms with E-state index < -0.39 is 23.3 Å². The van der Waals surface area contributed by atoms with Gasteiger partial charge in [0.1, 0.15) is 26.4 Å². The van der Waals surface area contributed by atoms with Crippen molar-refractivity contribution >= 4 is 29.4 Å². The molecule has 0 aliphatic rings. The molecule has 0 aliphatic heterocycles. The Morgan fingerprint density at radius 1 is 0.735 bits per heavy atom. The first-order valence-electron chi connectivity index (χ1n) is 10.3. The Morgan fingerprint density at radius 3 is 1.47 bits per heavy atom. The van der Waals surface area contributed by atoms with Gasteiger partial charge in [-0.25, -0.2) is 14.4 Å². The maximum Gasteiger partial charge on any atom is 0.333 e. The highest BCUT2D eigenvalue weighted by molar-refractivity contribution is 5.97. The standard InChI is InChI=1S/C25H31NO8/c1-16(2)22(28)32-13-25(14-33-23(29)17(3)4,15-34-24(30)18(5)6)12-31-11-21(27)19-7-9-20(26)10-8-19/h7-10H,1,3,5,11-15,26H2,2,4,6H3. The summed E-state index contributed by atoms with van der Waals surface area (Å²) in [7, 11) is 0. The van der Waals surface area contributed by atoms with Crippen molar-refractivity contribution in [3.63, 3.8) is 0 Å². The summed E-state index contributed by atoms with van der Waals surface area (Å²) in [6.45, 7) is 13.4. The predicted molar refractivity (Wildman–Crippen MR) is 126 cm³/mol. The lowest BCUT2D eigenvalue weighted by Crippen LogP contribution is -2.44. The van der Waals surface area contributed by atoms with E-state index in [4.69, 9.17) is 24.7 Å². The number of nitrogens with two attached hydrogens (primary N) is 1. The van der Waals surface area contributed by atoms with Crippen molar-refractivity contribution in [3.8, 4) is 0 Å². The topological polar surface area (TPSA) is 131 Å². The van der Waals surface area contributed by atoms with E-state index >= 15 is 0 Å². The summed E-state index contributed by atoms with van der Waals surface area (Å²) in [4.78, 5) is 48.5. The highest BCUT2D eigenvalue weighted by Gasteiger charge is 2.37. The van der Waals surface area contributed by atoms with E-state index in [0.29, 0.717) is 11.3 Å². The van der Waals surface area contributed by atoms with Crippen molar-refractivity contribution in [1.29, 1.82) is 0 Å². The van der Waals surface area contributed by atoms with Crippen LogP contribution in [0.25, 0.3) is 0 Å². The molecule has 1 aromatic rings. The molecule has 9 heteroatoms. The minimum Gasteiger partial charge on any atom is -0.461 e. The molecular weight excluding hydrogens is 442 g/mol. The van der Waals surface area contributed by atoms with Crippen LogP contribution in [-0.2, 0) is 33.3 Å². The number of carbonyl (C=O) groups excluding carboxylic acids is 4. The van der Waals surface area contributed by atoms with E-state index in [0.717, 1.165) is 0 Å². The maximum atomic E-state index is 12.5. The van der Waals surface area contributed by atoms with Crippen LogP contribution in [0.3, 0.4) is 0 Å². The lowest BCUT2D eigenvalue weighted by molar-refractivity contribution is -0.162. The van der Waals surface area contributed by atoms with Gasteiger partial charge in [-0.15, -0.1) is 0 Å². The molecule has 0 spiro atoms. The van der Waals surface area contributed by atoms with Crippen molar-refractivity contribution < 1.29 is 38.1 Å². The van der Waals surface area contributed by atoms with E-state index in [9.17, 15) is 19.2 Å². The number of esters is 3. The van der Waals surface area contributed by atoms with Gasteiger partial charge in [-0.3, -0.25) is 4.79 Å². The highest BCUT2D eigenvalue weighted by atomic mass is 16.6. The number of Topliss-reactive ketones (excluding diaryl/α,β-unsaturated/α-hetero) is 1. The molecule has 0 amide bonds. The molecule has 1 rings (SSSR count). The molecule has 0 aromatic heterocycles. The third kappa shape index (κ3) is 9.41. The second-order valence-electron chi connectivity index (χ2n) is 8.11. The maximum absolute atomic E-state index is 12.5. The van der Waals surface area contributed by atoms with Crippen LogP contribution in [0.4, 0.5) is 5.69 Å². The fraction of sp³-hybridized carbons (Fsp3) is 0.360. The molecule has 0 heterocycles. The van der Waals surface area contributed by atoms with E-state index in [1.807, 2.05) is 0 Å². The molecule has 0 radical (unpaired) electrons. The Labute approximate surface area is 199 Å².